The maximum absolute atomic E-state index is 13.6. The van der Waals surface area contributed by atoms with Gasteiger partial charge in [0.2, 0.25) is 10.0 Å². The van der Waals surface area contributed by atoms with Crippen LogP contribution in [0.5, 0.6) is 0 Å². The van der Waals surface area contributed by atoms with Gasteiger partial charge in [0.25, 0.3) is 0 Å². The fourth-order valence-corrected chi connectivity index (χ4v) is 2.84. The Labute approximate surface area is 135 Å². The number of benzene rings is 1. The quantitative estimate of drug-likeness (QED) is 0.837. The largest absolute Gasteiger partial charge is 0.497 e. The van der Waals surface area contributed by atoms with Crippen LogP contribution >= 0.6 is 0 Å². The van der Waals surface area contributed by atoms with E-state index in [0.29, 0.717) is 0 Å². The minimum absolute atomic E-state index is 0.125. The van der Waals surface area contributed by atoms with Crippen LogP contribution in [0.1, 0.15) is 27.7 Å². The average Bonchev–Trinajstić information content (AvgIpc) is 2.60. The molecule has 1 N–H and O–H groups in total. The van der Waals surface area contributed by atoms with E-state index in [9.17, 15) is 12.8 Å². The van der Waals surface area contributed by atoms with Crippen molar-refractivity contribution in [2.45, 2.75) is 38.9 Å². The number of sulfonamides is 1. The molecule has 1 aromatic carbocycles. The zero-order chi connectivity index (χ0) is 17.5. The van der Waals surface area contributed by atoms with Crippen molar-refractivity contribution in [3.63, 3.8) is 0 Å². The summed E-state index contributed by atoms with van der Waals surface area (Å²) in [5, 5.41) is 8.56. The molecule has 1 aromatic rings. The van der Waals surface area contributed by atoms with E-state index in [1.807, 2.05) is 27.7 Å². The van der Waals surface area contributed by atoms with Gasteiger partial charge in [-0.15, -0.1) is 0 Å². The van der Waals surface area contributed by atoms with Crippen LogP contribution in [-0.2, 0) is 19.3 Å². The van der Waals surface area contributed by atoms with Crippen molar-refractivity contribution in [1.82, 2.24) is 0 Å². The van der Waals surface area contributed by atoms with Crippen molar-refractivity contribution < 1.29 is 22.1 Å². The van der Waals surface area contributed by atoms with Crippen molar-refractivity contribution in [3.05, 3.63) is 24.0 Å². The number of nitrogens with one attached hydrogen (secondary N) is 1. The maximum atomic E-state index is 13.6. The molecule has 23 heavy (non-hydrogen) atoms. The lowest BCUT2D eigenvalue weighted by molar-refractivity contribution is 0.00578. The molecule has 0 amide bonds. The molecule has 0 aromatic heterocycles. The molecular weight excluding hydrogens is 322 g/mol. The maximum Gasteiger partial charge on any atom is 0.497 e. The second-order valence-corrected chi connectivity index (χ2v) is 8.06. The van der Waals surface area contributed by atoms with Gasteiger partial charge in [0, 0.05) is 11.2 Å². The van der Waals surface area contributed by atoms with Crippen LogP contribution in [0.3, 0.4) is 0 Å². The third-order valence-corrected chi connectivity index (χ3v) is 5.08. The van der Waals surface area contributed by atoms with Crippen LogP contribution in [0.2, 0.25) is 0 Å². The van der Waals surface area contributed by atoms with Gasteiger partial charge in [-0.1, -0.05) is 0 Å². The first-order valence-electron chi connectivity index (χ1n) is 7.00. The van der Waals surface area contributed by atoms with E-state index in [4.69, 9.17) is 14.6 Å². The number of nitrogens with zero attached hydrogens (tertiary/aromatic N) is 1. The summed E-state index contributed by atoms with van der Waals surface area (Å²) in [5.41, 5.74) is -0.940. The monoisotopic (exact) mass is 340 g/mol. The molecule has 0 radical (unpaired) electrons. The standard InChI is InChI=1S/C14H18BFN2O4S/c1-13(2)14(3,4)22-15(21-13)11-9-10(16)5-6-12(11)18-23(19,20)8-7-17/h5-6,9,18H,8H2,1-4H3. The van der Waals surface area contributed by atoms with Crippen LogP contribution in [0.4, 0.5) is 10.1 Å². The molecule has 9 heteroatoms. The molecule has 0 saturated carbocycles. The fourth-order valence-electron chi connectivity index (χ4n) is 2.08. The Hall–Kier alpha value is -1.63. The lowest BCUT2D eigenvalue weighted by Gasteiger charge is -2.32. The lowest BCUT2D eigenvalue weighted by Crippen LogP contribution is -2.41. The molecule has 1 fully saturated rings. The molecule has 1 aliphatic heterocycles. The Morgan fingerprint density at radius 3 is 2.35 bits per heavy atom. The molecular formula is C14H18BFN2O4S. The van der Waals surface area contributed by atoms with E-state index < -0.39 is 39.9 Å². The van der Waals surface area contributed by atoms with Gasteiger partial charge in [0.1, 0.15) is 5.82 Å². The number of rotatable bonds is 4. The molecule has 6 nitrogen and oxygen atoms in total. The highest BCUT2D eigenvalue weighted by atomic mass is 32.2. The van der Waals surface area contributed by atoms with Gasteiger partial charge < -0.3 is 9.31 Å². The Balaban J connectivity index is 2.40. The van der Waals surface area contributed by atoms with Crippen molar-refractivity contribution in [1.29, 1.82) is 5.26 Å². The normalized spacial score (nSPS) is 19.4. The highest BCUT2D eigenvalue weighted by Crippen LogP contribution is 2.37. The molecule has 0 atom stereocenters. The molecule has 1 saturated heterocycles. The first-order chi connectivity index (χ1) is 10.5. The molecule has 1 heterocycles. The molecule has 0 spiro atoms. The molecule has 0 aliphatic carbocycles. The smallest absolute Gasteiger partial charge is 0.399 e. The minimum atomic E-state index is -3.85. The van der Waals surface area contributed by atoms with Crippen LogP contribution in [-0.4, -0.2) is 32.5 Å². The summed E-state index contributed by atoms with van der Waals surface area (Å²) < 4.78 is 51.2. The summed E-state index contributed by atoms with van der Waals surface area (Å²) in [4.78, 5) is 0. The van der Waals surface area contributed by atoms with Crippen LogP contribution in [0.25, 0.3) is 0 Å². The van der Waals surface area contributed by atoms with Gasteiger partial charge in [-0.25, -0.2) is 12.8 Å². The Bertz CT molecular complexity index is 743. The van der Waals surface area contributed by atoms with E-state index in [-0.39, 0.29) is 11.2 Å². The molecule has 2 rings (SSSR count). The summed E-state index contributed by atoms with van der Waals surface area (Å²) >= 11 is 0. The van der Waals surface area contributed by atoms with E-state index in [1.54, 1.807) is 6.07 Å². The predicted octanol–water partition coefficient (Wildman–Crippen LogP) is 1.39. The minimum Gasteiger partial charge on any atom is -0.399 e. The van der Waals surface area contributed by atoms with E-state index in [1.165, 1.54) is 6.07 Å². The Kier molecular flexibility index (Phi) is 4.45. The van der Waals surface area contributed by atoms with Crippen LogP contribution in [0.15, 0.2) is 18.2 Å². The fraction of sp³-hybridized carbons (Fsp3) is 0.500. The van der Waals surface area contributed by atoms with Crippen LogP contribution < -0.4 is 10.2 Å². The third-order valence-electron chi connectivity index (χ3n) is 4.04. The van der Waals surface area contributed by atoms with Crippen molar-refractivity contribution in [3.8, 4) is 6.07 Å². The second kappa shape index (κ2) is 5.78. The summed E-state index contributed by atoms with van der Waals surface area (Å²) in [5.74, 6) is -1.24. The number of halogens is 1. The van der Waals surface area contributed by atoms with E-state index >= 15 is 0 Å². The summed E-state index contributed by atoms with van der Waals surface area (Å²) in [6.07, 6.45) is 0. The lowest BCUT2D eigenvalue weighted by atomic mass is 9.78. The summed E-state index contributed by atoms with van der Waals surface area (Å²) in [6.45, 7) is 7.36. The van der Waals surface area contributed by atoms with Gasteiger partial charge in [0.05, 0.1) is 17.3 Å². The predicted molar refractivity (Wildman–Crippen MR) is 85.1 cm³/mol. The number of hydrogen-bond acceptors (Lipinski definition) is 5. The van der Waals surface area contributed by atoms with Crippen LogP contribution in [0, 0.1) is 17.1 Å². The average molecular weight is 340 g/mol. The third kappa shape index (κ3) is 3.66. The topological polar surface area (TPSA) is 88.4 Å². The van der Waals surface area contributed by atoms with E-state index in [2.05, 4.69) is 4.72 Å². The zero-order valence-electron chi connectivity index (χ0n) is 13.4. The Morgan fingerprint density at radius 2 is 1.83 bits per heavy atom. The highest BCUT2D eigenvalue weighted by Gasteiger charge is 2.52. The number of anilines is 1. The first-order valence-corrected chi connectivity index (χ1v) is 8.65. The van der Waals surface area contributed by atoms with Gasteiger partial charge in [-0.3, -0.25) is 4.72 Å². The zero-order valence-corrected chi connectivity index (χ0v) is 14.2. The SMILES string of the molecule is CC1(C)OB(c2cc(F)ccc2NS(=O)(=O)CC#N)OC1(C)C. The Morgan fingerprint density at radius 1 is 1.26 bits per heavy atom. The van der Waals surface area contributed by atoms with Crippen molar-refractivity contribution in [2.24, 2.45) is 0 Å². The second-order valence-electron chi connectivity index (χ2n) is 6.34. The molecule has 0 bridgehead atoms. The van der Waals surface area contributed by atoms with Gasteiger partial charge >= 0.3 is 7.12 Å². The van der Waals surface area contributed by atoms with E-state index in [0.717, 1.165) is 12.1 Å². The molecule has 0 unspecified atom stereocenters. The number of hydrogen-bond donors (Lipinski definition) is 1. The van der Waals surface area contributed by atoms with Gasteiger partial charge in [-0.2, -0.15) is 5.26 Å². The van der Waals surface area contributed by atoms with Crippen molar-refractivity contribution >= 4 is 28.3 Å². The summed E-state index contributed by atoms with van der Waals surface area (Å²) in [6, 6.07) is 5.13. The van der Waals surface area contributed by atoms with Gasteiger partial charge in [-0.05, 0) is 45.9 Å². The molecule has 1 aliphatic rings. The first kappa shape index (κ1) is 17.7. The van der Waals surface area contributed by atoms with Crippen molar-refractivity contribution in [2.75, 3.05) is 10.5 Å². The highest BCUT2D eigenvalue weighted by molar-refractivity contribution is 7.92. The molecule has 124 valence electrons. The summed E-state index contributed by atoms with van der Waals surface area (Å²) in [7, 11) is -4.77. The number of nitriles is 1. The van der Waals surface area contributed by atoms with Gasteiger partial charge in [0.15, 0.2) is 5.75 Å².